The van der Waals surface area contributed by atoms with Crippen LogP contribution in [0.4, 0.5) is 0 Å². The van der Waals surface area contributed by atoms with Crippen molar-refractivity contribution in [3.05, 3.63) is 0 Å². The number of carboxylic acid groups (broad SMARTS) is 3. The molecule has 0 saturated carbocycles. The van der Waals surface area contributed by atoms with Gasteiger partial charge in [-0.25, -0.2) is 0 Å². The molecule has 0 spiro atoms. The number of carboxylic acids is 3. The van der Waals surface area contributed by atoms with E-state index in [0.717, 1.165) is 0 Å². The van der Waals surface area contributed by atoms with E-state index in [4.69, 9.17) is 15.3 Å². The zero-order valence-electron chi connectivity index (χ0n) is 7.12. The Hall–Kier alpha value is -1.96. The summed E-state index contributed by atoms with van der Waals surface area (Å²) in [5, 5.41) is 24.6. The molecule has 0 saturated heterocycles. The standard InChI is InChI=1S/3C2HO3.Rh/c3*3-1-2(4)5;/h3*(H,4,5);. The fourth-order valence-corrected chi connectivity index (χ4v) is 2.49. The third-order valence-electron chi connectivity index (χ3n) is 0.930. The van der Waals surface area contributed by atoms with Crippen LogP contribution in [0, 0.1) is 0 Å². The SMILES string of the molecule is O=C(O)[C](=O)[Rh]([C](=O)C(=O)O)[C](=O)C(=O)O. The van der Waals surface area contributed by atoms with Crippen molar-refractivity contribution in [1.82, 2.24) is 0 Å². The van der Waals surface area contributed by atoms with Gasteiger partial charge in [0, 0.05) is 0 Å². The molecule has 0 radical (unpaired) electrons. The molecule has 10 heteroatoms. The number of rotatable bonds is 6. The maximum atomic E-state index is 10.8. The van der Waals surface area contributed by atoms with Gasteiger partial charge in [0.2, 0.25) is 0 Å². The molecule has 0 aliphatic heterocycles. The molecule has 0 aromatic carbocycles. The van der Waals surface area contributed by atoms with Crippen LogP contribution in [0.25, 0.3) is 0 Å². The Kier molecular flexibility index (Phi) is 4.58. The number of aliphatic carboxylic acids is 3. The van der Waals surface area contributed by atoms with Crippen molar-refractivity contribution in [1.29, 1.82) is 0 Å². The normalized spacial score (nSPS) is 10.1. The quantitative estimate of drug-likeness (QED) is 0.352. The molecule has 0 unspecified atom stereocenters. The molecular weight excluding hydrogens is 319 g/mol. The first-order valence-electron chi connectivity index (χ1n) is 3.15. The molecule has 0 rings (SSSR count). The fourth-order valence-electron chi connectivity index (χ4n) is 0.420. The zero-order chi connectivity index (χ0) is 13.0. The van der Waals surface area contributed by atoms with Crippen molar-refractivity contribution in [2.75, 3.05) is 0 Å². The van der Waals surface area contributed by atoms with Crippen LogP contribution < -0.4 is 0 Å². The van der Waals surface area contributed by atoms with Gasteiger partial charge >= 0.3 is 91.1 Å². The monoisotopic (exact) mass is 322 g/mol. The average molecular weight is 322 g/mol. The number of hydrogen-bond acceptors (Lipinski definition) is 6. The molecule has 0 aromatic rings. The molecule has 9 nitrogen and oxygen atoms in total. The van der Waals surface area contributed by atoms with Crippen molar-refractivity contribution in [2.45, 2.75) is 0 Å². The average Bonchev–Trinajstić information content (AvgIpc) is 2.16. The van der Waals surface area contributed by atoms with E-state index >= 15 is 0 Å². The van der Waals surface area contributed by atoms with E-state index in [1.165, 1.54) is 0 Å². The van der Waals surface area contributed by atoms with Crippen molar-refractivity contribution >= 4 is 31.0 Å². The van der Waals surface area contributed by atoms with Crippen LogP contribution in [-0.2, 0) is 44.7 Å². The van der Waals surface area contributed by atoms with E-state index < -0.39 is 47.0 Å². The Morgan fingerprint density at radius 1 is 0.562 bits per heavy atom. The van der Waals surface area contributed by atoms with Crippen molar-refractivity contribution < 1.29 is 60.0 Å². The second kappa shape index (κ2) is 5.22. The molecule has 0 atom stereocenters. The van der Waals surface area contributed by atoms with Crippen molar-refractivity contribution in [2.24, 2.45) is 0 Å². The van der Waals surface area contributed by atoms with Crippen LogP contribution in [-0.4, -0.2) is 46.4 Å². The Bertz CT molecular complexity index is 346. The predicted molar refractivity (Wildman–Crippen MR) is 37.9 cm³/mol. The summed E-state index contributed by atoms with van der Waals surface area (Å²) >= 11 is -4.31. The molecule has 0 aliphatic rings. The second-order valence-corrected chi connectivity index (χ2v) is 5.39. The summed E-state index contributed by atoms with van der Waals surface area (Å²) in [6, 6.07) is 0. The van der Waals surface area contributed by atoms with E-state index in [9.17, 15) is 28.8 Å². The third-order valence-corrected chi connectivity index (χ3v) is 4.21. The second-order valence-electron chi connectivity index (χ2n) is 1.93. The molecule has 90 valence electrons. The van der Waals surface area contributed by atoms with Crippen LogP contribution in [0.5, 0.6) is 0 Å². The number of hydrogen-bond donors (Lipinski definition) is 3. The summed E-state index contributed by atoms with van der Waals surface area (Å²) in [5.74, 6) is -6.63. The first-order chi connectivity index (χ1) is 7.20. The van der Waals surface area contributed by atoms with Gasteiger partial charge in [-0.05, 0) is 0 Å². The maximum absolute atomic E-state index is 10.8. The summed E-state index contributed by atoms with van der Waals surface area (Å²) in [6.07, 6.45) is 0. The Labute approximate surface area is 91.6 Å². The molecule has 0 aromatic heterocycles. The van der Waals surface area contributed by atoms with Gasteiger partial charge in [0.15, 0.2) is 0 Å². The Morgan fingerprint density at radius 3 is 0.875 bits per heavy atom. The first kappa shape index (κ1) is 14.0. The predicted octanol–water partition coefficient (Wildman–Crippen LogP) is -2.56. The molecule has 0 bridgehead atoms. The minimum absolute atomic E-state index is 1.97. The summed E-state index contributed by atoms with van der Waals surface area (Å²) in [7, 11) is 0. The molecule has 3 N–H and O–H groups in total. The topological polar surface area (TPSA) is 163 Å². The van der Waals surface area contributed by atoms with Gasteiger partial charge in [0.25, 0.3) is 0 Å². The first-order valence-corrected chi connectivity index (χ1v) is 5.60. The van der Waals surface area contributed by atoms with Crippen LogP contribution >= 0.6 is 0 Å². The summed E-state index contributed by atoms with van der Waals surface area (Å²) in [6.45, 7) is 0. The number of carbonyl (C=O) groups excluding carboxylic acids is 3. The van der Waals surface area contributed by atoms with Gasteiger partial charge in [-0.15, -0.1) is 0 Å². The summed E-state index contributed by atoms with van der Waals surface area (Å²) in [4.78, 5) is 63.0. The van der Waals surface area contributed by atoms with E-state index in [2.05, 4.69) is 0 Å². The van der Waals surface area contributed by atoms with Gasteiger partial charge in [-0.2, -0.15) is 0 Å². The van der Waals surface area contributed by atoms with Crippen molar-refractivity contribution in [3.63, 3.8) is 0 Å². The van der Waals surface area contributed by atoms with Gasteiger partial charge in [-0.3, -0.25) is 0 Å². The van der Waals surface area contributed by atoms with E-state index in [1.54, 1.807) is 0 Å². The number of carbonyl (C=O) groups is 6. The Balaban J connectivity index is 5.39. The van der Waals surface area contributed by atoms with E-state index in [1.807, 2.05) is 0 Å². The molecule has 16 heavy (non-hydrogen) atoms. The van der Waals surface area contributed by atoms with E-state index in [0.29, 0.717) is 0 Å². The van der Waals surface area contributed by atoms with Gasteiger partial charge in [0.1, 0.15) is 0 Å². The van der Waals surface area contributed by atoms with Crippen LogP contribution in [0.2, 0.25) is 0 Å². The zero-order valence-corrected chi connectivity index (χ0v) is 8.76. The van der Waals surface area contributed by atoms with Gasteiger partial charge in [0.05, 0.1) is 0 Å². The van der Waals surface area contributed by atoms with Crippen molar-refractivity contribution in [3.8, 4) is 0 Å². The van der Waals surface area contributed by atoms with Crippen LogP contribution in [0.15, 0.2) is 0 Å². The Morgan fingerprint density at radius 2 is 0.750 bits per heavy atom. The van der Waals surface area contributed by atoms with Gasteiger partial charge in [-0.1, -0.05) is 0 Å². The van der Waals surface area contributed by atoms with Gasteiger partial charge < -0.3 is 0 Å². The minimum atomic E-state index is -4.31. The summed E-state index contributed by atoms with van der Waals surface area (Å²) < 4.78 is -5.90. The van der Waals surface area contributed by atoms with Crippen LogP contribution in [0.1, 0.15) is 0 Å². The molecule has 0 aliphatic carbocycles. The molecule has 0 amide bonds. The summed E-state index contributed by atoms with van der Waals surface area (Å²) in [5.41, 5.74) is 0. The molecule has 0 fully saturated rings. The van der Waals surface area contributed by atoms with E-state index in [-0.39, 0.29) is 0 Å². The molecule has 0 heterocycles. The van der Waals surface area contributed by atoms with Crippen LogP contribution in [0.3, 0.4) is 0 Å². The fraction of sp³-hybridized carbons (Fsp3) is 0. The third kappa shape index (κ3) is 3.02. The molecular formula is C6H3O9Rh.